The van der Waals surface area contributed by atoms with Gasteiger partial charge in [0, 0.05) is 26.8 Å². The van der Waals surface area contributed by atoms with Gasteiger partial charge in [-0.3, -0.25) is 0 Å². The Morgan fingerprint density at radius 2 is 2.22 bits per heavy atom. The Balaban J connectivity index is 1.95. The van der Waals surface area contributed by atoms with Crippen LogP contribution in [0, 0.1) is 11.6 Å². The summed E-state index contributed by atoms with van der Waals surface area (Å²) in [5, 5.41) is 2.88. The van der Waals surface area contributed by atoms with Crippen LogP contribution in [-0.4, -0.2) is 50.4 Å². The minimum atomic E-state index is -0.920. The first-order chi connectivity index (χ1) is 11.0. The lowest BCUT2D eigenvalue weighted by Gasteiger charge is -2.24. The number of carbonyl (C=O) groups excluding carboxylic acids is 1. The quantitative estimate of drug-likeness (QED) is 0.816. The second-order valence-corrected chi connectivity index (χ2v) is 5.43. The number of halogens is 2. The number of nitrogens with zero attached hydrogens (tertiary/aromatic N) is 1. The van der Waals surface area contributed by atoms with E-state index in [1.807, 2.05) is 6.92 Å². The molecule has 23 heavy (non-hydrogen) atoms. The van der Waals surface area contributed by atoms with Crippen LogP contribution in [0.1, 0.15) is 25.0 Å². The molecular formula is C16H22F2N2O3. The fourth-order valence-corrected chi connectivity index (χ4v) is 2.47. The van der Waals surface area contributed by atoms with Crippen LogP contribution in [0.4, 0.5) is 13.6 Å². The van der Waals surface area contributed by atoms with E-state index in [2.05, 4.69) is 5.32 Å². The van der Waals surface area contributed by atoms with Gasteiger partial charge in [0.1, 0.15) is 6.10 Å². The molecule has 0 spiro atoms. The fourth-order valence-electron chi connectivity index (χ4n) is 2.47. The summed E-state index contributed by atoms with van der Waals surface area (Å²) in [6.07, 6.45) is 0.142. The highest BCUT2D eigenvalue weighted by Crippen LogP contribution is 2.30. The molecule has 1 aliphatic rings. The number of nitrogens with one attached hydrogen (secondary N) is 1. The van der Waals surface area contributed by atoms with Crippen LogP contribution in [0.5, 0.6) is 0 Å². The number of ether oxygens (including phenoxy) is 2. The zero-order chi connectivity index (χ0) is 16.8. The Kier molecular flexibility index (Phi) is 6.29. The summed E-state index contributed by atoms with van der Waals surface area (Å²) < 4.78 is 37.2. The maximum atomic E-state index is 13.4. The summed E-state index contributed by atoms with van der Waals surface area (Å²) in [6.45, 7) is 3.89. The molecule has 1 aromatic rings. The van der Waals surface area contributed by atoms with Crippen molar-refractivity contribution >= 4 is 6.03 Å². The normalized spacial score (nSPS) is 20.5. The molecule has 1 aromatic carbocycles. The largest absolute Gasteiger partial charge is 0.380 e. The van der Waals surface area contributed by atoms with Gasteiger partial charge in [-0.25, -0.2) is 13.6 Å². The number of benzene rings is 1. The van der Waals surface area contributed by atoms with Crippen molar-refractivity contribution in [1.29, 1.82) is 0 Å². The highest BCUT2D eigenvalue weighted by molar-refractivity contribution is 5.74. The lowest BCUT2D eigenvalue weighted by Crippen LogP contribution is -2.45. The number of rotatable bonds is 6. The highest BCUT2D eigenvalue weighted by Gasteiger charge is 2.32. The molecule has 0 aliphatic carbocycles. The van der Waals surface area contributed by atoms with Crippen molar-refractivity contribution in [3.05, 3.63) is 35.4 Å². The van der Waals surface area contributed by atoms with Crippen LogP contribution in [0.15, 0.2) is 18.2 Å². The monoisotopic (exact) mass is 328 g/mol. The van der Waals surface area contributed by atoms with Gasteiger partial charge in [0.15, 0.2) is 11.6 Å². The van der Waals surface area contributed by atoms with Crippen LogP contribution < -0.4 is 5.32 Å². The highest BCUT2D eigenvalue weighted by atomic mass is 19.2. The first-order valence-corrected chi connectivity index (χ1v) is 7.68. The number of amides is 2. The van der Waals surface area contributed by atoms with E-state index < -0.39 is 17.7 Å². The van der Waals surface area contributed by atoms with Crippen molar-refractivity contribution < 1.29 is 23.0 Å². The van der Waals surface area contributed by atoms with Crippen molar-refractivity contribution in [2.75, 3.05) is 33.4 Å². The second kappa shape index (κ2) is 8.21. The third-order valence-corrected chi connectivity index (χ3v) is 3.79. The van der Waals surface area contributed by atoms with E-state index in [4.69, 9.17) is 9.47 Å². The molecule has 2 unspecified atom stereocenters. The van der Waals surface area contributed by atoms with Gasteiger partial charge in [-0.05, 0) is 31.0 Å². The summed E-state index contributed by atoms with van der Waals surface area (Å²) >= 11 is 0. The molecule has 2 rings (SSSR count). The molecule has 1 aliphatic heterocycles. The minimum Gasteiger partial charge on any atom is -0.380 e. The molecule has 1 heterocycles. The first kappa shape index (κ1) is 17.6. The summed E-state index contributed by atoms with van der Waals surface area (Å²) in [7, 11) is 1.68. The molecule has 1 saturated heterocycles. The van der Waals surface area contributed by atoms with Crippen LogP contribution in [0.2, 0.25) is 0 Å². The topological polar surface area (TPSA) is 50.8 Å². The minimum absolute atomic E-state index is 0.243. The maximum absolute atomic E-state index is 13.4. The van der Waals surface area contributed by atoms with E-state index in [0.29, 0.717) is 38.3 Å². The Bertz CT molecular complexity index is 542. The van der Waals surface area contributed by atoms with E-state index in [9.17, 15) is 13.6 Å². The number of urea groups is 1. The maximum Gasteiger partial charge on any atom is 0.317 e. The average Bonchev–Trinajstić information content (AvgIpc) is 2.98. The lowest BCUT2D eigenvalue weighted by molar-refractivity contribution is 0.0962. The van der Waals surface area contributed by atoms with Gasteiger partial charge in [-0.1, -0.05) is 6.07 Å². The van der Waals surface area contributed by atoms with Gasteiger partial charge < -0.3 is 19.7 Å². The molecule has 2 atom stereocenters. The molecule has 0 aromatic heterocycles. The molecule has 5 nitrogen and oxygen atoms in total. The summed E-state index contributed by atoms with van der Waals surface area (Å²) in [5.74, 6) is -1.82. The summed E-state index contributed by atoms with van der Waals surface area (Å²) in [4.78, 5) is 13.7. The standard InChI is InChI=1S/C16H22F2N2O3/c1-3-22-9-7-20(2)16(21)19-14-6-8-23-15(14)11-4-5-12(17)13(18)10-11/h4-5,10,14-15H,3,6-9H2,1-2H3,(H,19,21). The predicted octanol–water partition coefficient (Wildman–Crippen LogP) is 2.47. The van der Waals surface area contributed by atoms with Gasteiger partial charge in [-0.15, -0.1) is 0 Å². The predicted molar refractivity (Wildman–Crippen MR) is 81.1 cm³/mol. The van der Waals surface area contributed by atoms with Crippen molar-refractivity contribution in [3.8, 4) is 0 Å². The van der Waals surface area contributed by atoms with Gasteiger partial charge in [-0.2, -0.15) is 0 Å². The van der Waals surface area contributed by atoms with E-state index in [1.54, 1.807) is 7.05 Å². The Morgan fingerprint density at radius 1 is 1.43 bits per heavy atom. The summed E-state index contributed by atoms with van der Waals surface area (Å²) in [5.41, 5.74) is 0.517. The van der Waals surface area contributed by atoms with Gasteiger partial charge >= 0.3 is 6.03 Å². The number of likely N-dealkylation sites (N-methyl/N-ethyl adjacent to an activating group) is 1. The van der Waals surface area contributed by atoms with Gasteiger partial charge in [0.2, 0.25) is 0 Å². The van der Waals surface area contributed by atoms with Crippen molar-refractivity contribution in [2.45, 2.75) is 25.5 Å². The van der Waals surface area contributed by atoms with Crippen LogP contribution >= 0.6 is 0 Å². The van der Waals surface area contributed by atoms with Gasteiger partial charge in [0.25, 0.3) is 0 Å². The molecule has 1 fully saturated rings. The van der Waals surface area contributed by atoms with Crippen molar-refractivity contribution in [1.82, 2.24) is 10.2 Å². The SMILES string of the molecule is CCOCCN(C)C(=O)NC1CCOC1c1ccc(F)c(F)c1. The van der Waals surface area contributed by atoms with E-state index in [0.717, 1.165) is 12.1 Å². The number of carbonyl (C=O) groups is 1. The van der Waals surface area contributed by atoms with Gasteiger partial charge in [0.05, 0.1) is 12.6 Å². The third kappa shape index (κ3) is 4.62. The molecule has 7 heteroatoms. The fraction of sp³-hybridized carbons (Fsp3) is 0.562. The zero-order valence-corrected chi connectivity index (χ0v) is 13.4. The average molecular weight is 328 g/mol. The number of hydrogen-bond donors (Lipinski definition) is 1. The smallest absolute Gasteiger partial charge is 0.317 e. The Morgan fingerprint density at radius 3 is 2.91 bits per heavy atom. The van der Waals surface area contributed by atoms with E-state index in [1.165, 1.54) is 11.0 Å². The molecular weight excluding hydrogens is 306 g/mol. The molecule has 128 valence electrons. The first-order valence-electron chi connectivity index (χ1n) is 7.68. The third-order valence-electron chi connectivity index (χ3n) is 3.79. The van der Waals surface area contributed by atoms with Crippen molar-refractivity contribution in [2.24, 2.45) is 0 Å². The summed E-state index contributed by atoms with van der Waals surface area (Å²) in [6, 6.07) is 3.14. The second-order valence-electron chi connectivity index (χ2n) is 5.43. The molecule has 0 radical (unpaired) electrons. The molecule has 2 amide bonds. The van der Waals surface area contributed by atoms with Crippen LogP contribution in [-0.2, 0) is 9.47 Å². The number of hydrogen-bond acceptors (Lipinski definition) is 3. The molecule has 0 saturated carbocycles. The molecule has 0 bridgehead atoms. The zero-order valence-electron chi connectivity index (χ0n) is 13.4. The van der Waals surface area contributed by atoms with Crippen LogP contribution in [0.25, 0.3) is 0 Å². The Labute approximate surface area is 134 Å². The van der Waals surface area contributed by atoms with Crippen molar-refractivity contribution in [3.63, 3.8) is 0 Å². The van der Waals surface area contributed by atoms with E-state index >= 15 is 0 Å². The molecule has 1 N–H and O–H groups in total. The lowest BCUT2D eigenvalue weighted by atomic mass is 10.0. The Hall–Kier alpha value is -1.73. The van der Waals surface area contributed by atoms with E-state index in [-0.39, 0.29) is 12.1 Å². The van der Waals surface area contributed by atoms with Crippen LogP contribution in [0.3, 0.4) is 0 Å².